The monoisotopic (exact) mass is 184 g/mol. The summed E-state index contributed by atoms with van der Waals surface area (Å²) in [6.07, 6.45) is 1.81. The lowest BCUT2D eigenvalue weighted by atomic mass is 10.1. The van der Waals surface area contributed by atoms with Gasteiger partial charge in [0, 0.05) is 0 Å². The first-order valence-electron chi connectivity index (χ1n) is 4.58. The van der Waals surface area contributed by atoms with Crippen LogP contribution in [0.15, 0.2) is 12.3 Å². The fourth-order valence-electron chi connectivity index (χ4n) is 1.05. The molecule has 3 heteroatoms. The van der Waals surface area contributed by atoms with E-state index >= 15 is 0 Å². The van der Waals surface area contributed by atoms with Crippen molar-refractivity contribution in [3.63, 3.8) is 0 Å². The minimum Gasteiger partial charge on any atom is -0.509 e. The van der Waals surface area contributed by atoms with Gasteiger partial charge < -0.3 is 9.84 Å². The Morgan fingerprint density at radius 3 is 2.54 bits per heavy atom. The molecule has 0 amide bonds. The average Bonchev–Trinajstić information content (AvgIpc) is 2.79. The Hall–Kier alpha value is -0.990. The van der Waals surface area contributed by atoms with Crippen molar-refractivity contribution in [3.8, 4) is 0 Å². The van der Waals surface area contributed by atoms with Crippen molar-refractivity contribution in [3.05, 3.63) is 12.3 Å². The lowest BCUT2D eigenvalue weighted by Crippen LogP contribution is -2.24. The highest BCUT2D eigenvalue weighted by molar-refractivity contribution is 5.79. The van der Waals surface area contributed by atoms with E-state index in [2.05, 4.69) is 6.58 Å². The van der Waals surface area contributed by atoms with E-state index in [1.54, 1.807) is 0 Å². The Morgan fingerprint density at radius 1 is 1.69 bits per heavy atom. The summed E-state index contributed by atoms with van der Waals surface area (Å²) >= 11 is 0. The van der Waals surface area contributed by atoms with Crippen molar-refractivity contribution in [1.29, 1.82) is 0 Å². The molecule has 74 valence electrons. The summed E-state index contributed by atoms with van der Waals surface area (Å²) in [7, 11) is 0. The molecule has 0 spiro atoms. The summed E-state index contributed by atoms with van der Waals surface area (Å²) in [5, 5.41) is 9.08. The van der Waals surface area contributed by atoms with Gasteiger partial charge in [-0.1, -0.05) is 13.5 Å². The minimum absolute atomic E-state index is 0.0694. The van der Waals surface area contributed by atoms with Crippen LogP contribution >= 0.6 is 0 Å². The van der Waals surface area contributed by atoms with Crippen LogP contribution in [0.1, 0.15) is 33.1 Å². The molecule has 0 heterocycles. The first kappa shape index (κ1) is 10.1. The van der Waals surface area contributed by atoms with Gasteiger partial charge in [-0.15, -0.1) is 0 Å². The molecule has 0 aromatic heterocycles. The van der Waals surface area contributed by atoms with Crippen LogP contribution in [0.3, 0.4) is 0 Å². The van der Waals surface area contributed by atoms with Crippen molar-refractivity contribution >= 4 is 5.97 Å². The Morgan fingerprint density at radius 2 is 2.23 bits per heavy atom. The molecule has 0 bridgehead atoms. The number of ether oxygens (including phenoxy) is 1. The van der Waals surface area contributed by atoms with E-state index in [0.717, 1.165) is 12.8 Å². The van der Waals surface area contributed by atoms with Crippen LogP contribution < -0.4 is 0 Å². The molecule has 1 N–H and O–H groups in total. The van der Waals surface area contributed by atoms with Crippen molar-refractivity contribution in [2.24, 2.45) is 5.41 Å². The summed E-state index contributed by atoms with van der Waals surface area (Å²) in [6, 6.07) is 0. The zero-order valence-electron chi connectivity index (χ0n) is 8.17. The minimum atomic E-state index is -0.537. The Balaban J connectivity index is 2.46. The highest BCUT2D eigenvalue weighted by Crippen LogP contribution is 2.46. The van der Waals surface area contributed by atoms with E-state index < -0.39 is 6.10 Å². The van der Waals surface area contributed by atoms with E-state index in [-0.39, 0.29) is 17.1 Å². The maximum atomic E-state index is 11.4. The molecule has 1 fully saturated rings. The molecule has 1 aliphatic carbocycles. The van der Waals surface area contributed by atoms with Gasteiger partial charge in [0.25, 0.3) is 0 Å². The van der Waals surface area contributed by atoms with E-state index in [1.165, 1.54) is 0 Å². The summed E-state index contributed by atoms with van der Waals surface area (Å²) in [4.78, 5) is 11.4. The van der Waals surface area contributed by atoms with Gasteiger partial charge in [-0.25, -0.2) is 0 Å². The van der Waals surface area contributed by atoms with Crippen LogP contribution in [-0.2, 0) is 9.53 Å². The van der Waals surface area contributed by atoms with Crippen LogP contribution in [0.2, 0.25) is 0 Å². The van der Waals surface area contributed by atoms with E-state index in [1.807, 2.05) is 13.8 Å². The molecule has 0 aromatic rings. The predicted molar refractivity (Wildman–Crippen MR) is 49.3 cm³/mol. The lowest BCUT2D eigenvalue weighted by Gasteiger charge is -2.17. The largest absolute Gasteiger partial charge is 0.509 e. The number of aliphatic hydroxyl groups is 1. The standard InChI is InChI=1S/C10H16O3/c1-4-8(7(2)11)13-9(12)10(3)5-6-10/h8,11H,2,4-6H2,1,3H3. The van der Waals surface area contributed by atoms with E-state index in [4.69, 9.17) is 9.84 Å². The fraction of sp³-hybridized carbons (Fsp3) is 0.700. The van der Waals surface area contributed by atoms with Gasteiger partial charge in [0.2, 0.25) is 0 Å². The molecule has 0 radical (unpaired) electrons. The van der Waals surface area contributed by atoms with Gasteiger partial charge in [-0.05, 0) is 26.2 Å². The average molecular weight is 184 g/mol. The first-order valence-corrected chi connectivity index (χ1v) is 4.58. The third kappa shape index (κ3) is 2.23. The van der Waals surface area contributed by atoms with Gasteiger partial charge in [-0.2, -0.15) is 0 Å². The summed E-state index contributed by atoms with van der Waals surface area (Å²) in [5.74, 6) is -0.283. The molecule has 1 saturated carbocycles. The van der Waals surface area contributed by atoms with Crippen molar-refractivity contribution in [2.45, 2.75) is 39.2 Å². The molecular formula is C10H16O3. The zero-order valence-corrected chi connectivity index (χ0v) is 8.17. The summed E-state index contributed by atoms with van der Waals surface area (Å²) in [6.45, 7) is 7.08. The predicted octanol–water partition coefficient (Wildman–Crippen LogP) is 2.18. The molecule has 1 atom stereocenters. The number of carbonyl (C=O) groups excluding carboxylic acids is 1. The number of aliphatic hydroxyl groups excluding tert-OH is 1. The van der Waals surface area contributed by atoms with Crippen LogP contribution in [-0.4, -0.2) is 17.2 Å². The Bertz CT molecular complexity index is 228. The maximum Gasteiger partial charge on any atom is 0.312 e. The fourth-order valence-corrected chi connectivity index (χ4v) is 1.05. The molecule has 1 unspecified atom stereocenters. The number of esters is 1. The Kier molecular flexibility index (Phi) is 2.64. The number of hydrogen-bond donors (Lipinski definition) is 1. The second-order valence-corrected chi connectivity index (χ2v) is 3.85. The smallest absolute Gasteiger partial charge is 0.312 e. The molecule has 0 aliphatic heterocycles. The van der Waals surface area contributed by atoms with E-state index in [0.29, 0.717) is 6.42 Å². The molecule has 3 nitrogen and oxygen atoms in total. The molecule has 13 heavy (non-hydrogen) atoms. The molecule has 0 saturated heterocycles. The second-order valence-electron chi connectivity index (χ2n) is 3.85. The summed E-state index contributed by atoms with van der Waals surface area (Å²) < 4.78 is 5.10. The normalized spacial score (nSPS) is 20.5. The molecular weight excluding hydrogens is 168 g/mol. The summed E-state index contributed by atoms with van der Waals surface area (Å²) in [5.41, 5.74) is -0.289. The zero-order chi connectivity index (χ0) is 10.1. The topological polar surface area (TPSA) is 46.5 Å². The van der Waals surface area contributed by atoms with Gasteiger partial charge >= 0.3 is 5.97 Å². The van der Waals surface area contributed by atoms with Gasteiger partial charge in [0.05, 0.1) is 5.41 Å². The van der Waals surface area contributed by atoms with Crippen LogP contribution in [0.5, 0.6) is 0 Å². The SMILES string of the molecule is C=C(O)C(CC)OC(=O)C1(C)CC1. The number of rotatable bonds is 4. The quantitative estimate of drug-likeness (QED) is 0.538. The highest BCUT2D eigenvalue weighted by Gasteiger charge is 2.47. The van der Waals surface area contributed by atoms with Crippen molar-refractivity contribution < 1.29 is 14.6 Å². The van der Waals surface area contributed by atoms with Crippen LogP contribution in [0.25, 0.3) is 0 Å². The van der Waals surface area contributed by atoms with Gasteiger partial charge in [0.1, 0.15) is 5.76 Å². The lowest BCUT2D eigenvalue weighted by molar-refractivity contribution is -0.154. The Labute approximate surface area is 78.4 Å². The third-order valence-corrected chi connectivity index (χ3v) is 2.48. The van der Waals surface area contributed by atoms with Crippen LogP contribution in [0.4, 0.5) is 0 Å². The molecule has 0 aromatic carbocycles. The van der Waals surface area contributed by atoms with Crippen molar-refractivity contribution in [2.75, 3.05) is 0 Å². The second kappa shape index (κ2) is 3.40. The van der Waals surface area contributed by atoms with Gasteiger partial charge in [-0.3, -0.25) is 4.79 Å². The molecule has 1 rings (SSSR count). The maximum absolute atomic E-state index is 11.4. The number of carbonyl (C=O) groups is 1. The highest BCUT2D eigenvalue weighted by atomic mass is 16.6. The van der Waals surface area contributed by atoms with Gasteiger partial charge in [0.15, 0.2) is 6.10 Å². The third-order valence-electron chi connectivity index (χ3n) is 2.48. The molecule has 1 aliphatic rings. The number of hydrogen-bond acceptors (Lipinski definition) is 3. The van der Waals surface area contributed by atoms with Crippen molar-refractivity contribution in [1.82, 2.24) is 0 Å². The first-order chi connectivity index (χ1) is 5.99. The van der Waals surface area contributed by atoms with Crippen LogP contribution in [0, 0.1) is 5.41 Å². The van der Waals surface area contributed by atoms with E-state index in [9.17, 15) is 4.79 Å².